The lowest BCUT2D eigenvalue weighted by molar-refractivity contribution is 0.0699. The number of carbonyl (C=O) groups is 1. The molecule has 1 fully saturated rings. The summed E-state index contributed by atoms with van der Waals surface area (Å²) >= 11 is 0. The minimum absolute atomic E-state index is 0.00253. The molecule has 0 spiro atoms. The van der Waals surface area contributed by atoms with Crippen molar-refractivity contribution in [1.29, 1.82) is 0 Å². The van der Waals surface area contributed by atoms with Gasteiger partial charge in [-0.3, -0.25) is 0 Å². The van der Waals surface area contributed by atoms with Crippen LogP contribution in [0.3, 0.4) is 0 Å². The highest BCUT2D eigenvalue weighted by atomic mass is 19.1. The number of nitrogens with zero attached hydrogens (tertiary/aromatic N) is 2. The van der Waals surface area contributed by atoms with Gasteiger partial charge in [0.25, 0.3) is 0 Å². The van der Waals surface area contributed by atoms with Crippen molar-refractivity contribution in [3.63, 3.8) is 0 Å². The molecule has 0 radical (unpaired) electrons. The van der Waals surface area contributed by atoms with Gasteiger partial charge in [0.05, 0.1) is 11.7 Å². The Morgan fingerprint density at radius 2 is 2.07 bits per heavy atom. The topological polar surface area (TPSA) is 54.6 Å². The number of pyridine rings is 1. The van der Waals surface area contributed by atoms with Crippen molar-refractivity contribution >= 4 is 11.5 Å². The standard InChI is InChI=1S/C21H20F2N2O2/c22-17-3-1-2-15(10-17)16-7-14(8-18(23)11-16)6-13-4-5-25-20(9-13)19(12-24-25)21(26)27/h1-5,9-10,12,14,16,18H,6-8,11H2,(H,26,27)/t14?,16?,18-/m1/s1. The first kappa shape index (κ1) is 17.6. The van der Waals surface area contributed by atoms with Crippen LogP contribution in [0.15, 0.2) is 48.8 Å². The molecule has 0 saturated heterocycles. The van der Waals surface area contributed by atoms with E-state index in [9.17, 15) is 18.7 Å². The van der Waals surface area contributed by atoms with Crippen molar-refractivity contribution < 1.29 is 18.7 Å². The second kappa shape index (κ2) is 7.10. The minimum atomic E-state index is -1.02. The Hall–Kier alpha value is -2.76. The van der Waals surface area contributed by atoms with E-state index in [1.54, 1.807) is 12.3 Å². The van der Waals surface area contributed by atoms with Crippen LogP contribution in [0.2, 0.25) is 0 Å². The summed E-state index contributed by atoms with van der Waals surface area (Å²) in [7, 11) is 0. The molecule has 3 atom stereocenters. The summed E-state index contributed by atoms with van der Waals surface area (Å²) < 4.78 is 29.4. The second-order valence-electron chi connectivity index (χ2n) is 7.35. The first-order chi connectivity index (χ1) is 13.0. The number of hydrogen-bond donors (Lipinski definition) is 1. The number of rotatable bonds is 4. The van der Waals surface area contributed by atoms with Crippen LogP contribution in [0, 0.1) is 11.7 Å². The molecule has 3 aromatic rings. The van der Waals surface area contributed by atoms with Gasteiger partial charge in [-0.2, -0.15) is 5.10 Å². The molecular formula is C21H20F2N2O2. The van der Waals surface area contributed by atoms with Crippen molar-refractivity contribution in [3.05, 3.63) is 71.3 Å². The Morgan fingerprint density at radius 3 is 2.85 bits per heavy atom. The number of aromatic carboxylic acids is 1. The normalized spacial score (nSPS) is 22.8. The molecule has 0 amide bonds. The third kappa shape index (κ3) is 3.70. The summed E-state index contributed by atoms with van der Waals surface area (Å²) in [6, 6.07) is 10.1. The summed E-state index contributed by atoms with van der Waals surface area (Å²) in [5.41, 5.74) is 2.50. The van der Waals surface area contributed by atoms with Gasteiger partial charge in [-0.25, -0.2) is 18.1 Å². The van der Waals surface area contributed by atoms with Gasteiger partial charge >= 0.3 is 5.97 Å². The van der Waals surface area contributed by atoms with Crippen molar-refractivity contribution in [1.82, 2.24) is 9.61 Å². The monoisotopic (exact) mass is 370 g/mol. The number of halogens is 2. The summed E-state index contributed by atoms with van der Waals surface area (Å²) in [4.78, 5) is 11.3. The van der Waals surface area contributed by atoms with E-state index in [4.69, 9.17) is 0 Å². The number of hydrogen-bond acceptors (Lipinski definition) is 2. The molecule has 0 aliphatic heterocycles. The molecule has 1 saturated carbocycles. The fourth-order valence-corrected chi connectivity index (χ4v) is 4.21. The van der Waals surface area contributed by atoms with Gasteiger partial charge in [0.2, 0.25) is 0 Å². The molecule has 6 heteroatoms. The quantitative estimate of drug-likeness (QED) is 0.728. The minimum Gasteiger partial charge on any atom is -0.478 e. The van der Waals surface area contributed by atoms with E-state index in [-0.39, 0.29) is 23.2 Å². The van der Waals surface area contributed by atoms with Crippen LogP contribution < -0.4 is 0 Å². The summed E-state index contributed by atoms with van der Waals surface area (Å²) in [6.45, 7) is 0. The van der Waals surface area contributed by atoms with Crippen LogP contribution in [0.1, 0.15) is 46.7 Å². The highest BCUT2D eigenvalue weighted by Crippen LogP contribution is 2.39. The SMILES string of the molecule is O=C(O)c1cnn2ccc(CC3CC(c4cccc(F)c4)C[C@H](F)C3)cc12. The van der Waals surface area contributed by atoms with Crippen LogP contribution in [-0.4, -0.2) is 26.9 Å². The van der Waals surface area contributed by atoms with Crippen molar-refractivity contribution in [2.45, 2.75) is 37.8 Å². The Bertz CT molecular complexity index is 985. The van der Waals surface area contributed by atoms with Gasteiger partial charge in [0.1, 0.15) is 17.6 Å². The second-order valence-corrected chi connectivity index (χ2v) is 7.35. The van der Waals surface area contributed by atoms with Gasteiger partial charge in [0.15, 0.2) is 0 Å². The Balaban J connectivity index is 1.55. The molecule has 0 bridgehead atoms. The van der Waals surface area contributed by atoms with Crippen LogP contribution in [0.25, 0.3) is 5.52 Å². The molecule has 2 unspecified atom stereocenters. The molecule has 2 heterocycles. The Morgan fingerprint density at radius 1 is 1.22 bits per heavy atom. The highest BCUT2D eigenvalue weighted by Gasteiger charge is 2.30. The Labute approximate surface area is 155 Å². The average Bonchev–Trinajstić information content (AvgIpc) is 3.05. The fourth-order valence-electron chi connectivity index (χ4n) is 4.21. The molecule has 1 aliphatic carbocycles. The van der Waals surface area contributed by atoms with Gasteiger partial charge in [0, 0.05) is 6.20 Å². The lowest BCUT2D eigenvalue weighted by Gasteiger charge is -2.32. The van der Waals surface area contributed by atoms with E-state index in [0.29, 0.717) is 24.8 Å². The molecule has 1 aromatic carbocycles. The number of benzene rings is 1. The summed E-state index contributed by atoms with van der Waals surface area (Å²) in [5, 5.41) is 13.3. The third-order valence-corrected chi connectivity index (χ3v) is 5.41. The predicted octanol–water partition coefficient (Wildman–Crippen LogP) is 4.64. The molecule has 1 aliphatic rings. The lowest BCUT2D eigenvalue weighted by atomic mass is 9.75. The van der Waals surface area contributed by atoms with E-state index < -0.39 is 12.1 Å². The molecule has 1 N–H and O–H groups in total. The molecule has 2 aromatic heterocycles. The maximum atomic E-state index is 14.4. The molecule has 27 heavy (non-hydrogen) atoms. The van der Waals surface area contributed by atoms with E-state index in [2.05, 4.69) is 5.10 Å². The lowest BCUT2D eigenvalue weighted by Crippen LogP contribution is -2.24. The smallest absolute Gasteiger partial charge is 0.339 e. The maximum Gasteiger partial charge on any atom is 0.339 e. The zero-order valence-electron chi connectivity index (χ0n) is 14.7. The molecular weight excluding hydrogens is 350 g/mol. The van der Waals surface area contributed by atoms with E-state index >= 15 is 0 Å². The zero-order valence-corrected chi connectivity index (χ0v) is 14.7. The number of alkyl halides is 1. The number of carboxylic acid groups (broad SMARTS) is 1. The van der Waals surface area contributed by atoms with Gasteiger partial charge in [-0.15, -0.1) is 0 Å². The first-order valence-corrected chi connectivity index (χ1v) is 9.08. The first-order valence-electron chi connectivity index (χ1n) is 9.08. The Kier molecular flexibility index (Phi) is 4.64. The van der Waals surface area contributed by atoms with Gasteiger partial charge in [-0.1, -0.05) is 12.1 Å². The van der Waals surface area contributed by atoms with Crippen molar-refractivity contribution in [2.75, 3.05) is 0 Å². The van der Waals surface area contributed by atoms with Crippen molar-refractivity contribution in [2.24, 2.45) is 5.92 Å². The van der Waals surface area contributed by atoms with E-state index in [0.717, 1.165) is 17.5 Å². The van der Waals surface area contributed by atoms with E-state index in [1.807, 2.05) is 18.2 Å². The fraction of sp³-hybridized carbons (Fsp3) is 0.333. The number of fused-ring (bicyclic) bond motifs is 1. The van der Waals surface area contributed by atoms with Crippen LogP contribution in [0.4, 0.5) is 8.78 Å². The largest absolute Gasteiger partial charge is 0.478 e. The predicted molar refractivity (Wildman–Crippen MR) is 97.2 cm³/mol. The highest BCUT2D eigenvalue weighted by molar-refractivity contribution is 5.95. The molecule has 140 valence electrons. The number of aromatic nitrogens is 2. The number of carboxylic acids is 1. The zero-order chi connectivity index (χ0) is 19.0. The maximum absolute atomic E-state index is 14.4. The van der Waals surface area contributed by atoms with Crippen LogP contribution in [-0.2, 0) is 6.42 Å². The average molecular weight is 370 g/mol. The van der Waals surface area contributed by atoms with Gasteiger partial charge in [-0.05, 0) is 72.9 Å². The molecule has 4 nitrogen and oxygen atoms in total. The van der Waals surface area contributed by atoms with Crippen molar-refractivity contribution in [3.8, 4) is 0 Å². The van der Waals surface area contributed by atoms with Crippen LogP contribution in [0.5, 0.6) is 0 Å². The van der Waals surface area contributed by atoms with E-state index in [1.165, 1.54) is 22.8 Å². The molecule has 4 rings (SSSR count). The summed E-state index contributed by atoms with van der Waals surface area (Å²) in [6.07, 6.45) is 4.50. The van der Waals surface area contributed by atoms with Gasteiger partial charge < -0.3 is 5.11 Å². The van der Waals surface area contributed by atoms with Crippen LogP contribution >= 0.6 is 0 Å². The third-order valence-electron chi connectivity index (χ3n) is 5.41. The summed E-state index contributed by atoms with van der Waals surface area (Å²) in [5.74, 6) is -1.18.